The van der Waals surface area contributed by atoms with Crippen molar-refractivity contribution >= 4 is 23.1 Å². The number of nitrogens with two attached hydrogens (primary N) is 1. The number of aryl methyl sites for hydroxylation is 1. The average Bonchev–Trinajstić information content (AvgIpc) is 2.37. The Morgan fingerprint density at radius 2 is 2.00 bits per heavy atom. The zero-order chi connectivity index (χ0) is 14.0. The van der Waals surface area contributed by atoms with E-state index >= 15 is 0 Å². The number of hydrogen-bond donors (Lipinski definition) is 1. The Morgan fingerprint density at radius 3 is 2.63 bits per heavy atom. The van der Waals surface area contributed by atoms with Crippen molar-refractivity contribution in [2.24, 2.45) is 0 Å². The van der Waals surface area contributed by atoms with E-state index in [-0.39, 0.29) is 17.2 Å². The van der Waals surface area contributed by atoms with Crippen LogP contribution >= 0.6 is 11.6 Å². The minimum absolute atomic E-state index is 0.0220. The summed E-state index contributed by atoms with van der Waals surface area (Å²) >= 11 is 5.68. The molecule has 0 atom stereocenters. The van der Waals surface area contributed by atoms with Gasteiger partial charge in [0, 0.05) is 17.7 Å². The molecule has 0 saturated heterocycles. The molecular weight excluding hydrogens is 265 g/mol. The summed E-state index contributed by atoms with van der Waals surface area (Å²) in [5.41, 5.74) is 8.51. The van der Waals surface area contributed by atoms with Crippen molar-refractivity contribution in [3.8, 4) is 0 Å². The topological polar surface area (TPSA) is 43.1 Å². The number of benzene rings is 2. The zero-order valence-electron chi connectivity index (χ0n) is 10.4. The smallest absolute Gasteiger partial charge is 0.167 e. The fourth-order valence-electron chi connectivity index (χ4n) is 1.75. The van der Waals surface area contributed by atoms with Gasteiger partial charge < -0.3 is 5.73 Å². The lowest BCUT2D eigenvalue weighted by Crippen LogP contribution is -2.05. The summed E-state index contributed by atoms with van der Waals surface area (Å²) in [5.74, 6) is -0.563. The largest absolute Gasteiger partial charge is 0.398 e. The van der Waals surface area contributed by atoms with E-state index in [4.69, 9.17) is 17.3 Å². The number of anilines is 1. The highest BCUT2D eigenvalue weighted by atomic mass is 35.5. The molecule has 0 aliphatic rings. The molecule has 0 aromatic heterocycles. The first-order valence-electron chi connectivity index (χ1n) is 5.80. The normalized spacial score (nSPS) is 10.5. The Labute approximate surface area is 116 Å². The van der Waals surface area contributed by atoms with Gasteiger partial charge in [0.05, 0.1) is 5.02 Å². The van der Waals surface area contributed by atoms with Crippen LogP contribution in [0.25, 0.3) is 0 Å². The Balaban J connectivity index is 2.20. The molecule has 2 rings (SSSR count). The van der Waals surface area contributed by atoms with Gasteiger partial charge in [0.2, 0.25) is 0 Å². The molecule has 98 valence electrons. The highest BCUT2D eigenvalue weighted by Gasteiger charge is 2.10. The van der Waals surface area contributed by atoms with Gasteiger partial charge in [-0.25, -0.2) is 4.39 Å². The molecule has 0 amide bonds. The number of ketones is 1. The molecular formula is C15H13ClFNO. The third-order valence-electron chi connectivity index (χ3n) is 2.95. The van der Waals surface area contributed by atoms with Gasteiger partial charge in [-0.2, -0.15) is 0 Å². The van der Waals surface area contributed by atoms with Crippen LogP contribution in [-0.2, 0) is 6.42 Å². The fraction of sp³-hybridized carbons (Fsp3) is 0.133. The Kier molecular flexibility index (Phi) is 3.86. The number of hydrogen-bond acceptors (Lipinski definition) is 2. The second kappa shape index (κ2) is 5.41. The van der Waals surface area contributed by atoms with Crippen molar-refractivity contribution in [3.63, 3.8) is 0 Å². The fourth-order valence-corrected chi connectivity index (χ4v) is 1.95. The van der Waals surface area contributed by atoms with E-state index in [9.17, 15) is 9.18 Å². The van der Waals surface area contributed by atoms with E-state index in [0.29, 0.717) is 16.8 Å². The van der Waals surface area contributed by atoms with Crippen molar-refractivity contribution < 1.29 is 9.18 Å². The van der Waals surface area contributed by atoms with Gasteiger partial charge in [-0.05, 0) is 36.2 Å². The molecule has 2 aromatic carbocycles. The van der Waals surface area contributed by atoms with Crippen LogP contribution in [0.3, 0.4) is 0 Å². The van der Waals surface area contributed by atoms with E-state index in [2.05, 4.69) is 0 Å². The van der Waals surface area contributed by atoms with Gasteiger partial charge in [0.15, 0.2) is 5.78 Å². The summed E-state index contributed by atoms with van der Waals surface area (Å²) in [6.45, 7) is 1.88. The zero-order valence-corrected chi connectivity index (χ0v) is 11.2. The molecule has 2 N–H and O–H groups in total. The van der Waals surface area contributed by atoms with E-state index in [0.717, 1.165) is 5.56 Å². The predicted molar refractivity (Wildman–Crippen MR) is 75.0 cm³/mol. The molecule has 0 fully saturated rings. The van der Waals surface area contributed by atoms with Crippen molar-refractivity contribution in [2.45, 2.75) is 13.3 Å². The van der Waals surface area contributed by atoms with Crippen LogP contribution in [0.15, 0.2) is 36.4 Å². The number of carbonyl (C=O) groups excluding carboxylic acids is 1. The Morgan fingerprint density at radius 1 is 1.26 bits per heavy atom. The van der Waals surface area contributed by atoms with Gasteiger partial charge in [0.25, 0.3) is 0 Å². The lowest BCUT2D eigenvalue weighted by Gasteiger charge is -2.05. The summed E-state index contributed by atoms with van der Waals surface area (Å²) in [7, 11) is 0. The van der Waals surface area contributed by atoms with Crippen LogP contribution in [0.5, 0.6) is 0 Å². The third kappa shape index (κ3) is 3.12. The molecule has 0 spiro atoms. The summed E-state index contributed by atoms with van der Waals surface area (Å²) in [4.78, 5) is 12.1. The minimum atomic E-state index is -0.488. The second-order valence-electron chi connectivity index (χ2n) is 4.42. The molecule has 0 saturated carbocycles. The van der Waals surface area contributed by atoms with E-state index < -0.39 is 5.82 Å². The number of carbonyl (C=O) groups is 1. The molecule has 19 heavy (non-hydrogen) atoms. The summed E-state index contributed by atoms with van der Waals surface area (Å²) in [6.07, 6.45) is 0.169. The number of rotatable bonds is 3. The molecule has 0 heterocycles. The number of Topliss-reactive ketones (excluding diaryl/α,β-unsaturated/α-hetero) is 1. The van der Waals surface area contributed by atoms with Crippen molar-refractivity contribution in [2.75, 3.05) is 5.73 Å². The van der Waals surface area contributed by atoms with Crippen LogP contribution in [0.2, 0.25) is 5.02 Å². The standard InChI is InChI=1S/C15H13ClFNO/c1-9-2-4-11(8-14(9)18)15(19)7-10-3-5-13(17)12(16)6-10/h2-6,8H,7,18H2,1H3. The highest BCUT2D eigenvalue weighted by Crippen LogP contribution is 2.19. The monoisotopic (exact) mass is 277 g/mol. The molecule has 0 bridgehead atoms. The number of halogens is 2. The summed E-state index contributed by atoms with van der Waals surface area (Å²) in [6, 6.07) is 9.47. The third-order valence-corrected chi connectivity index (χ3v) is 3.24. The Hall–Kier alpha value is -1.87. The van der Waals surface area contributed by atoms with Gasteiger partial charge in [-0.15, -0.1) is 0 Å². The maximum Gasteiger partial charge on any atom is 0.167 e. The molecule has 0 radical (unpaired) electrons. The molecule has 4 heteroatoms. The summed E-state index contributed by atoms with van der Waals surface area (Å²) in [5, 5.41) is 0.0220. The van der Waals surface area contributed by atoms with Gasteiger partial charge in [-0.1, -0.05) is 29.8 Å². The van der Waals surface area contributed by atoms with Crippen LogP contribution in [0.4, 0.5) is 10.1 Å². The maximum absolute atomic E-state index is 13.0. The van der Waals surface area contributed by atoms with Crippen molar-refractivity contribution in [1.29, 1.82) is 0 Å². The maximum atomic E-state index is 13.0. The highest BCUT2D eigenvalue weighted by molar-refractivity contribution is 6.30. The molecule has 0 aliphatic carbocycles. The van der Waals surface area contributed by atoms with Crippen LogP contribution in [0.1, 0.15) is 21.5 Å². The molecule has 2 nitrogen and oxygen atoms in total. The first-order valence-corrected chi connectivity index (χ1v) is 6.18. The predicted octanol–water partition coefficient (Wildman–Crippen LogP) is 3.80. The first kappa shape index (κ1) is 13.6. The lowest BCUT2D eigenvalue weighted by atomic mass is 10.0. The lowest BCUT2D eigenvalue weighted by molar-refractivity contribution is 0.0993. The minimum Gasteiger partial charge on any atom is -0.398 e. The molecule has 0 aliphatic heterocycles. The van der Waals surface area contributed by atoms with E-state index in [1.165, 1.54) is 12.1 Å². The first-order chi connectivity index (χ1) is 8.97. The van der Waals surface area contributed by atoms with Gasteiger partial charge in [0.1, 0.15) is 5.82 Å². The Bertz CT molecular complexity index is 640. The molecule has 2 aromatic rings. The van der Waals surface area contributed by atoms with Crippen LogP contribution in [0, 0.1) is 12.7 Å². The van der Waals surface area contributed by atoms with Crippen LogP contribution < -0.4 is 5.73 Å². The SMILES string of the molecule is Cc1ccc(C(=O)Cc2ccc(F)c(Cl)c2)cc1N. The quantitative estimate of drug-likeness (QED) is 0.685. The van der Waals surface area contributed by atoms with Crippen molar-refractivity contribution in [3.05, 3.63) is 63.9 Å². The second-order valence-corrected chi connectivity index (χ2v) is 4.83. The van der Waals surface area contributed by atoms with Crippen molar-refractivity contribution in [1.82, 2.24) is 0 Å². The number of nitrogen functional groups attached to an aromatic ring is 1. The van der Waals surface area contributed by atoms with Gasteiger partial charge >= 0.3 is 0 Å². The van der Waals surface area contributed by atoms with Gasteiger partial charge in [-0.3, -0.25) is 4.79 Å². The van der Waals surface area contributed by atoms with E-state index in [1.54, 1.807) is 24.3 Å². The molecule has 0 unspecified atom stereocenters. The van der Waals surface area contributed by atoms with E-state index in [1.807, 2.05) is 6.92 Å². The summed E-state index contributed by atoms with van der Waals surface area (Å²) < 4.78 is 13.0. The van der Waals surface area contributed by atoms with Crippen LogP contribution in [-0.4, -0.2) is 5.78 Å². The average molecular weight is 278 g/mol.